The number of fused-ring (bicyclic) bond motifs is 10. The van der Waals surface area contributed by atoms with E-state index in [1.165, 1.54) is 5.56 Å². The number of ether oxygens (including phenoxy) is 2. The normalized spacial score (nSPS) is 17.7. The fourth-order valence-electron chi connectivity index (χ4n) is 5.24. The van der Waals surface area contributed by atoms with Gasteiger partial charge in [-0.2, -0.15) is 24.3 Å². The molecular formula is C29H17O3Y-. The van der Waals surface area contributed by atoms with Crippen LogP contribution in [0.4, 0.5) is 0 Å². The van der Waals surface area contributed by atoms with Crippen molar-refractivity contribution in [3.05, 3.63) is 119 Å². The van der Waals surface area contributed by atoms with Gasteiger partial charge in [0.15, 0.2) is 5.60 Å². The quantitative estimate of drug-likeness (QED) is 0.175. The third-order valence-corrected chi connectivity index (χ3v) is 6.68. The van der Waals surface area contributed by atoms with Crippen LogP contribution in [0.5, 0.6) is 11.5 Å². The van der Waals surface area contributed by atoms with Crippen LogP contribution in [0.1, 0.15) is 32.6 Å². The van der Waals surface area contributed by atoms with E-state index in [1.54, 1.807) is 0 Å². The van der Waals surface area contributed by atoms with E-state index in [1.807, 2.05) is 60.7 Å². The van der Waals surface area contributed by atoms with Gasteiger partial charge in [0.2, 0.25) is 0 Å². The zero-order chi connectivity index (χ0) is 21.4. The number of rotatable bonds is 0. The largest absolute Gasteiger partial charge is 0.457 e. The van der Waals surface area contributed by atoms with Crippen molar-refractivity contribution in [2.24, 2.45) is 0 Å². The number of aryl methyl sites for hydroxylation is 1. The summed E-state index contributed by atoms with van der Waals surface area (Å²) in [7, 11) is 0. The third kappa shape index (κ3) is 2.67. The van der Waals surface area contributed by atoms with Crippen LogP contribution in [0, 0.1) is 13.0 Å². The van der Waals surface area contributed by atoms with Gasteiger partial charge in [-0.05, 0) is 24.4 Å². The predicted octanol–water partition coefficient (Wildman–Crippen LogP) is 6.67. The average Bonchev–Trinajstić information content (AvgIpc) is 3.12. The average molecular weight is 502 g/mol. The van der Waals surface area contributed by atoms with E-state index in [0.717, 1.165) is 49.7 Å². The smallest absolute Gasteiger partial charge is 0.340 e. The van der Waals surface area contributed by atoms with Crippen LogP contribution in [0.2, 0.25) is 0 Å². The number of carbonyl (C=O) groups excluding carboxylic acids is 1. The van der Waals surface area contributed by atoms with E-state index in [2.05, 4.69) is 37.3 Å². The van der Waals surface area contributed by atoms with Crippen LogP contribution in [0.3, 0.4) is 0 Å². The van der Waals surface area contributed by atoms with Crippen molar-refractivity contribution in [3.8, 4) is 11.5 Å². The maximum absolute atomic E-state index is 13.1. The Balaban J connectivity index is 0.00000206. The summed E-state index contributed by atoms with van der Waals surface area (Å²) in [5, 5.41) is 4.08. The Bertz CT molecular complexity index is 1620. The van der Waals surface area contributed by atoms with Gasteiger partial charge in [-0.15, -0.1) is 11.5 Å². The topological polar surface area (TPSA) is 35.5 Å². The minimum atomic E-state index is -1.05. The van der Waals surface area contributed by atoms with Crippen LogP contribution in [-0.2, 0) is 43.0 Å². The Hall–Kier alpha value is -3.01. The molecule has 0 N–H and O–H groups in total. The van der Waals surface area contributed by atoms with Crippen molar-refractivity contribution >= 4 is 27.5 Å². The minimum absolute atomic E-state index is 0. The molecule has 0 aromatic heterocycles. The first-order chi connectivity index (χ1) is 15.7. The second-order valence-electron chi connectivity index (χ2n) is 8.47. The van der Waals surface area contributed by atoms with E-state index >= 15 is 0 Å². The van der Waals surface area contributed by atoms with Crippen molar-refractivity contribution in [2.75, 3.05) is 0 Å². The monoisotopic (exact) mass is 502 g/mol. The van der Waals surface area contributed by atoms with Crippen LogP contribution >= 0.6 is 0 Å². The van der Waals surface area contributed by atoms with E-state index in [0.29, 0.717) is 5.56 Å². The SMILES string of the molecule is Cc1ccc2c3c(ccc2c1)C1(OC(=O)c2ccccc21)c1ccc2c[c-]ccc2c1O3.[Y]. The molecule has 2 aliphatic rings. The molecule has 0 saturated carbocycles. The Morgan fingerprint density at radius 1 is 0.788 bits per heavy atom. The van der Waals surface area contributed by atoms with E-state index in [4.69, 9.17) is 9.47 Å². The van der Waals surface area contributed by atoms with Gasteiger partial charge in [0.25, 0.3) is 0 Å². The molecule has 7 rings (SSSR count). The van der Waals surface area contributed by atoms with Crippen molar-refractivity contribution in [3.63, 3.8) is 0 Å². The zero-order valence-corrected chi connectivity index (χ0v) is 20.7. The first-order valence-electron chi connectivity index (χ1n) is 10.6. The minimum Gasteiger partial charge on any atom is -0.457 e. The molecule has 0 amide bonds. The molecule has 0 fully saturated rings. The summed E-state index contributed by atoms with van der Waals surface area (Å²) in [6.07, 6.45) is 0. The van der Waals surface area contributed by atoms with Crippen LogP contribution in [0.15, 0.2) is 84.9 Å². The van der Waals surface area contributed by atoms with Gasteiger partial charge in [-0.1, -0.05) is 59.5 Å². The summed E-state index contributed by atoms with van der Waals surface area (Å²) < 4.78 is 13.0. The summed E-state index contributed by atoms with van der Waals surface area (Å²) >= 11 is 0. The first kappa shape index (κ1) is 20.6. The number of carbonyl (C=O) groups is 1. The molecule has 0 bridgehead atoms. The summed E-state index contributed by atoms with van der Waals surface area (Å²) in [6.45, 7) is 2.08. The molecule has 1 radical (unpaired) electrons. The number of esters is 1. The van der Waals surface area contributed by atoms with Gasteiger partial charge < -0.3 is 9.47 Å². The van der Waals surface area contributed by atoms with Gasteiger partial charge in [0.05, 0.1) is 5.56 Å². The van der Waals surface area contributed by atoms with Gasteiger partial charge in [-0.3, -0.25) is 0 Å². The van der Waals surface area contributed by atoms with Crippen molar-refractivity contribution in [1.82, 2.24) is 0 Å². The van der Waals surface area contributed by atoms with Crippen LogP contribution < -0.4 is 4.74 Å². The summed E-state index contributed by atoms with van der Waals surface area (Å²) in [6, 6.07) is 31.1. The van der Waals surface area contributed by atoms with Gasteiger partial charge in [0, 0.05) is 54.8 Å². The standard InChI is InChI=1S/C29H17O3.Y/c1-17-10-13-21-19(16-17)12-15-25-27(21)31-26-20-7-3-2-6-18(20)11-14-24(26)29(25)23-9-5-4-8-22(23)28(30)32-29;/h3-16H,1H3;/q-1;. The van der Waals surface area contributed by atoms with Crippen molar-refractivity contribution < 1.29 is 47.0 Å². The zero-order valence-electron chi connectivity index (χ0n) is 17.9. The van der Waals surface area contributed by atoms with Gasteiger partial charge >= 0.3 is 5.97 Å². The number of hydrogen-bond donors (Lipinski definition) is 0. The molecule has 0 saturated heterocycles. The Labute approximate surface area is 216 Å². The molecule has 3 nitrogen and oxygen atoms in total. The fraction of sp³-hybridized carbons (Fsp3) is 0.0690. The third-order valence-electron chi connectivity index (χ3n) is 6.68. The van der Waals surface area contributed by atoms with E-state index in [9.17, 15) is 4.79 Å². The molecule has 4 heteroatoms. The molecule has 33 heavy (non-hydrogen) atoms. The van der Waals surface area contributed by atoms with E-state index in [-0.39, 0.29) is 38.7 Å². The second kappa shape index (κ2) is 7.25. The van der Waals surface area contributed by atoms with Crippen LogP contribution in [-0.4, -0.2) is 5.97 Å². The molecule has 1 spiro atoms. The molecule has 5 aromatic rings. The summed E-state index contributed by atoms with van der Waals surface area (Å²) in [5.74, 6) is 1.14. The molecule has 1 unspecified atom stereocenters. The fourth-order valence-corrected chi connectivity index (χ4v) is 5.24. The second-order valence-corrected chi connectivity index (χ2v) is 8.47. The first-order valence-corrected chi connectivity index (χ1v) is 10.6. The van der Waals surface area contributed by atoms with E-state index < -0.39 is 5.60 Å². The Morgan fingerprint density at radius 2 is 1.52 bits per heavy atom. The number of benzene rings is 5. The maximum atomic E-state index is 13.1. The maximum Gasteiger partial charge on any atom is 0.340 e. The molecule has 1 atom stereocenters. The Morgan fingerprint density at radius 3 is 2.33 bits per heavy atom. The van der Waals surface area contributed by atoms with Gasteiger partial charge in [0.1, 0.15) is 11.5 Å². The Kier molecular flexibility index (Phi) is 4.52. The van der Waals surface area contributed by atoms with Gasteiger partial charge in [-0.25, -0.2) is 4.79 Å². The molecule has 5 aromatic carbocycles. The van der Waals surface area contributed by atoms with Crippen molar-refractivity contribution in [1.29, 1.82) is 0 Å². The van der Waals surface area contributed by atoms with Crippen LogP contribution in [0.25, 0.3) is 21.5 Å². The summed E-state index contributed by atoms with van der Waals surface area (Å²) in [5.41, 5.74) is 3.27. The summed E-state index contributed by atoms with van der Waals surface area (Å²) in [4.78, 5) is 13.1. The molecule has 155 valence electrons. The number of hydrogen-bond acceptors (Lipinski definition) is 3. The molecule has 2 aliphatic heterocycles. The molecule has 0 aliphatic carbocycles. The predicted molar refractivity (Wildman–Crippen MR) is 123 cm³/mol. The molecule has 2 heterocycles. The molecular weight excluding hydrogens is 485 g/mol. The van der Waals surface area contributed by atoms with Crippen molar-refractivity contribution in [2.45, 2.75) is 12.5 Å².